The fourth-order valence-corrected chi connectivity index (χ4v) is 7.35. The molecule has 4 aromatic carbocycles. The van der Waals surface area contributed by atoms with Crippen LogP contribution < -0.4 is 5.32 Å². The number of nitrogens with one attached hydrogen (secondary N) is 1. The molecule has 2 fully saturated rings. The summed E-state index contributed by atoms with van der Waals surface area (Å²) in [6, 6.07) is 36.5. The van der Waals surface area contributed by atoms with E-state index in [0.29, 0.717) is 23.3 Å². The molecule has 0 radical (unpaired) electrons. The molecule has 0 saturated carbocycles. The number of benzene rings is 4. The van der Waals surface area contributed by atoms with Crippen molar-refractivity contribution in [2.24, 2.45) is 11.8 Å². The number of halogens is 1. The monoisotopic (exact) mass is 843 g/mol. The van der Waals surface area contributed by atoms with Crippen LogP contribution >= 0.6 is 12.4 Å². The summed E-state index contributed by atoms with van der Waals surface area (Å²) in [7, 11) is 0. The molecule has 0 aliphatic carbocycles. The lowest BCUT2D eigenvalue weighted by atomic mass is 9.68. The zero-order chi connectivity index (χ0) is 42.3. The van der Waals surface area contributed by atoms with Crippen LogP contribution in [0, 0.1) is 11.8 Å². The number of aromatic hydroxyl groups is 2. The number of phenolic OH excluding ortho intramolecular Hbond substituents is 2. The summed E-state index contributed by atoms with van der Waals surface area (Å²) in [5, 5.41) is 22.8. The predicted molar refractivity (Wildman–Crippen MR) is 249 cm³/mol. The maximum Gasteiger partial charge on any atom is 0.373 e. The molecule has 60 heavy (non-hydrogen) atoms. The van der Waals surface area contributed by atoms with Gasteiger partial charge in [-0.3, -0.25) is 4.90 Å². The van der Waals surface area contributed by atoms with Crippen LogP contribution in [-0.2, 0) is 30.0 Å². The van der Waals surface area contributed by atoms with Crippen molar-refractivity contribution in [2.75, 3.05) is 32.7 Å². The number of hydrogen-bond acceptors (Lipinski definition) is 8. The molecule has 2 aliphatic heterocycles. The molecule has 4 atom stereocenters. The Morgan fingerprint density at radius 3 is 1.53 bits per heavy atom. The minimum Gasteiger partial charge on any atom is -0.508 e. The third-order valence-electron chi connectivity index (χ3n) is 11.4. The van der Waals surface area contributed by atoms with Crippen LogP contribution in [-0.4, -0.2) is 60.1 Å². The lowest BCUT2D eigenvalue weighted by molar-refractivity contribution is -0.193. The molecule has 0 aromatic heterocycles. The first-order valence-corrected chi connectivity index (χ1v) is 19.7. The second-order valence-electron chi connectivity index (χ2n) is 15.5. The van der Waals surface area contributed by atoms with Crippen LogP contribution in [0.25, 0.3) is 12.2 Å². The van der Waals surface area contributed by atoms with E-state index in [0.717, 1.165) is 52.0 Å². The fraction of sp³-hybridized carbons (Fsp3) is 0.412. The van der Waals surface area contributed by atoms with Crippen LogP contribution in [0.15, 0.2) is 120 Å². The Labute approximate surface area is 367 Å². The standard InChI is InChI=1S/C23H29NO.C13H19NO.C11H14.2CO2.2CH4.ClH/c1-18(14-20-8-5-4-6-9-20)16-24-13-12-23(3,19(2)17-24)21-10-7-11-22(25)15-21;1-10-9-14-7-6-13(10,2)11-4-3-5-12(15)8-11;1-3-10(2)9-11-7-5-4-6-8-11;2*2-1-3;;;/h4-11,14-15,19,25H,12-13,16-17H2,1-3H3;3-5,8,10,14-15H,6-7,9H2,1-2H3;4-9H,3H2,1-2H3;;;2*1H4;1H/b18-14-;;10-9-;;;;;/t19-,23+;10-,13+;;;;;;/m00....../s1. The maximum absolute atomic E-state index is 9.84. The number of hydrogen-bond donors (Lipinski definition) is 3. The molecule has 328 valence electrons. The first-order chi connectivity index (χ1) is 27.3. The third kappa shape index (κ3) is 18.9. The highest BCUT2D eigenvalue weighted by Gasteiger charge is 2.38. The normalized spacial score (nSPS) is 20.7. The summed E-state index contributed by atoms with van der Waals surface area (Å²) in [5.74, 6) is 1.90. The Balaban J connectivity index is 0. The van der Waals surface area contributed by atoms with Gasteiger partial charge in [0.05, 0.1) is 0 Å². The van der Waals surface area contributed by atoms with Gasteiger partial charge in [-0.2, -0.15) is 19.2 Å². The highest BCUT2D eigenvalue weighted by Crippen LogP contribution is 2.41. The van der Waals surface area contributed by atoms with E-state index in [2.05, 4.69) is 138 Å². The number of rotatable bonds is 7. The Bertz CT molecular complexity index is 1890. The van der Waals surface area contributed by atoms with E-state index in [1.54, 1.807) is 12.1 Å². The van der Waals surface area contributed by atoms with Crippen molar-refractivity contribution >= 4 is 36.9 Å². The topological polar surface area (TPSA) is 124 Å². The molecule has 6 rings (SSSR count). The van der Waals surface area contributed by atoms with Crippen molar-refractivity contribution in [1.29, 1.82) is 0 Å². The molecule has 2 aliphatic rings. The van der Waals surface area contributed by atoms with Crippen LogP contribution in [0.3, 0.4) is 0 Å². The highest BCUT2D eigenvalue weighted by atomic mass is 35.5. The third-order valence-corrected chi connectivity index (χ3v) is 11.4. The minimum absolute atomic E-state index is 0. The molecular formula is C51H71ClN2O6. The van der Waals surface area contributed by atoms with E-state index in [-0.39, 0.29) is 50.4 Å². The largest absolute Gasteiger partial charge is 0.508 e. The minimum atomic E-state index is 0. The van der Waals surface area contributed by atoms with E-state index < -0.39 is 0 Å². The van der Waals surface area contributed by atoms with Crippen molar-refractivity contribution < 1.29 is 29.4 Å². The highest BCUT2D eigenvalue weighted by molar-refractivity contribution is 5.85. The Morgan fingerprint density at radius 1 is 0.700 bits per heavy atom. The Morgan fingerprint density at radius 2 is 1.13 bits per heavy atom. The lowest BCUT2D eigenvalue weighted by Gasteiger charge is -2.45. The zero-order valence-corrected chi connectivity index (χ0v) is 36.1. The molecule has 0 bridgehead atoms. The molecule has 2 saturated heterocycles. The number of piperidine rings is 2. The average Bonchev–Trinajstić information content (AvgIpc) is 3.19. The smallest absolute Gasteiger partial charge is 0.373 e. The van der Waals surface area contributed by atoms with Gasteiger partial charge in [0.1, 0.15) is 11.5 Å². The molecule has 0 amide bonds. The van der Waals surface area contributed by atoms with Gasteiger partial charge in [-0.05, 0) is 122 Å². The summed E-state index contributed by atoms with van der Waals surface area (Å²) in [6.07, 6.45) is 8.40. The number of phenols is 2. The van der Waals surface area contributed by atoms with Gasteiger partial charge in [-0.1, -0.05) is 158 Å². The van der Waals surface area contributed by atoms with Crippen molar-refractivity contribution in [3.05, 3.63) is 143 Å². The van der Waals surface area contributed by atoms with E-state index in [1.807, 2.05) is 30.3 Å². The van der Waals surface area contributed by atoms with Crippen LogP contribution in [0.5, 0.6) is 11.5 Å². The van der Waals surface area contributed by atoms with Crippen molar-refractivity contribution in [1.82, 2.24) is 10.2 Å². The predicted octanol–water partition coefficient (Wildman–Crippen LogP) is 11.4. The number of likely N-dealkylation sites (tertiary alicyclic amines) is 1. The SMILES string of the molecule is C.C.C/C(=C/c1ccccc1)CN1CC[C@@](C)(c2cccc(O)c2)[C@@H](C)C1.CC/C(C)=C\c1ccccc1.C[C@H]1CNCC[C@@]1(C)c1cccc(O)c1.Cl.O=C=O.O=C=O. The molecular weight excluding hydrogens is 772 g/mol. The zero-order valence-electron chi connectivity index (χ0n) is 35.2. The first kappa shape index (κ1) is 57.0. The van der Waals surface area contributed by atoms with Gasteiger partial charge in [0.2, 0.25) is 0 Å². The van der Waals surface area contributed by atoms with Crippen LogP contribution in [0.4, 0.5) is 0 Å². The van der Waals surface area contributed by atoms with Crippen LogP contribution in [0.2, 0.25) is 0 Å². The summed E-state index contributed by atoms with van der Waals surface area (Å²) in [5.41, 5.74) is 8.25. The Hall–Kier alpha value is -5.07. The molecule has 4 aromatic rings. The average molecular weight is 844 g/mol. The fourth-order valence-electron chi connectivity index (χ4n) is 7.35. The van der Waals surface area contributed by atoms with E-state index in [1.165, 1.54) is 33.4 Å². The van der Waals surface area contributed by atoms with Gasteiger partial charge in [0, 0.05) is 13.1 Å². The van der Waals surface area contributed by atoms with Gasteiger partial charge in [0.15, 0.2) is 0 Å². The summed E-state index contributed by atoms with van der Waals surface area (Å²) in [6.45, 7) is 21.1. The number of carbonyl (C=O) groups excluding carboxylic acids is 4. The molecule has 8 nitrogen and oxygen atoms in total. The molecule has 0 unspecified atom stereocenters. The van der Waals surface area contributed by atoms with Gasteiger partial charge in [-0.15, -0.1) is 12.4 Å². The Kier molecular flexibility index (Phi) is 28.5. The summed E-state index contributed by atoms with van der Waals surface area (Å²) in [4.78, 5) is 35.1. The summed E-state index contributed by atoms with van der Waals surface area (Å²) >= 11 is 0. The second-order valence-corrected chi connectivity index (χ2v) is 15.5. The van der Waals surface area contributed by atoms with Crippen LogP contribution in [0.1, 0.15) is 105 Å². The molecule has 3 N–H and O–H groups in total. The van der Waals surface area contributed by atoms with E-state index in [4.69, 9.17) is 19.2 Å². The van der Waals surface area contributed by atoms with Crippen molar-refractivity contribution in [3.63, 3.8) is 0 Å². The number of nitrogens with zero attached hydrogens (tertiary/aromatic N) is 1. The second kappa shape index (κ2) is 30.0. The molecule has 9 heteroatoms. The van der Waals surface area contributed by atoms with Crippen molar-refractivity contribution in [2.45, 2.75) is 93.4 Å². The van der Waals surface area contributed by atoms with Gasteiger partial charge >= 0.3 is 12.3 Å². The molecule has 2 heterocycles. The van der Waals surface area contributed by atoms with E-state index >= 15 is 0 Å². The van der Waals surface area contributed by atoms with Gasteiger partial charge < -0.3 is 15.5 Å². The first-order valence-electron chi connectivity index (χ1n) is 19.7. The van der Waals surface area contributed by atoms with Gasteiger partial charge in [0.25, 0.3) is 0 Å². The van der Waals surface area contributed by atoms with Gasteiger partial charge in [-0.25, -0.2) is 0 Å². The summed E-state index contributed by atoms with van der Waals surface area (Å²) < 4.78 is 0. The lowest BCUT2D eigenvalue weighted by Crippen LogP contribution is -2.47. The van der Waals surface area contributed by atoms with Crippen molar-refractivity contribution in [3.8, 4) is 11.5 Å². The quantitative estimate of drug-likeness (QED) is 0.168. The number of allylic oxidation sites excluding steroid dienone is 1. The maximum atomic E-state index is 9.84. The van der Waals surface area contributed by atoms with E-state index in [9.17, 15) is 10.2 Å². The molecule has 0 spiro atoms.